The smallest absolute Gasteiger partial charge is 0.497 e. The van der Waals surface area contributed by atoms with Crippen LogP contribution in [0.3, 0.4) is 0 Å². The van der Waals surface area contributed by atoms with E-state index in [1.807, 2.05) is 53.5 Å². The zero-order chi connectivity index (χ0) is 26.3. The predicted molar refractivity (Wildman–Crippen MR) is 155 cm³/mol. The van der Waals surface area contributed by atoms with Gasteiger partial charge in [0.05, 0.1) is 22.3 Å². The van der Waals surface area contributed by atoms with E-state index in [1.165, 1.54) is 16.5 Å². The molecule has 0 saturated carbocycles. The fourth-order valence-corrected chi connectivity index (χ4v) is 5.74. The van der Waals surface area contributed by atoms with Crippen LogP contribution in [0.2, 0.25) is 0 Å². The zero-order valence-electron chi connectivity index (χ0n) is 22.0. The van der Waals surface area contributed by atoms with Gasteiger partial charge >= 0.3 is 21.1 Å². The Morgan fingerprint density at radius 1 is 0.675 bits per heavy atom. The number of hydrogen-bond donors (Lipinski definition) is 0. The molecule has 8 aromatic rings. The second kappa shape index (κ2) is 8.87. The summed E-state index contributed by atoms with van der Waals surface area (Å²) in [5, 5.41) is 5.04. The van der Waals surface area contributed by atoms with E-state index < -0.39 is 0 Å². The Hall–Kier alpha value is -4.28. The van der Waals surface area contributed by atoms with Crippen molar-refractivity contribution >= 4 is 54.8 Å². The molecular weight excluding hydrogens is 677 g/mol. The number of ether oxygens (including phenoxy) is 1. The molecular formula is C33H23N5OPt. The average molecular weight is 701 g/mol. The Morgan fingerprint density at radius 2 is 1.35 bits per heavy atom. The van der Waals surface area contributed by atoms with Crippen LogP contribution in [0.5, 0.6) is 11.5 Å². The van der Waals surface area contributed by atoms with Crippen LogP contribution >= 0.6 is 0 Å². The number of imidazole rings is 2. The van der Waals surface area contributed by atoms with E-state index in [4.69, 9.17) is 9.72 Å². The van der Waals surface area contributed by atoms with Crippen molar-refractivity contribution in [2.75, 3.05) is 0 Å². The SMILES string of the molecule is CC(C)(C)c1cccc2c3ccc(Oc4[c-]c5c(cc4)c4ncccc4n4ccnc54)[c-]c3c3nccn3c12.[Pt+2]. The van der Waals surface area contributed by atoms with Crippen molar-refractivity contribution in [1.29, 1.82) is 0 Å². The van der Waals surface area contributed by atoms with Crippen LogP contribution in [-0.2, 0) is 26.5 Å². The summed E-state index contributed by atoms with van der Waals surface area (Å²) in [5.74, 6) is 1.20. The molecule has 0 spiro atoms. The molecule has 0 unspecified atom stereocenters. The van der Waals surface area contributed by atoms with Crippen molar-refractivity contribution in [3.63, 3.8) is 0 Å². The van der Waals surface area contributed by atoms with Crippen LogP contribution in [0.4, 0.5) is 0 Å². The van der Waals surface area contributed by atoms with Crippen molar-refractivity contribution in [3.8, 4) is 11.5 Å². The molecule has 0 aliphatic rings. The summed E-state index contributed by atoms with van der Waals surface area (Å²) in [4.78, 5) is 13.9. The van der Waals surface area contributed by atoms with Gasteiger partial charge in [-0.3, -0.25) is 15.0 Å². The van der Waals surface area contributed by atoms with Crippen LogP contribution in [0.15, 0.2) is 85.6 Å². The van der Waals surface area contributed by atoms with Crippen molar-refractivity contribution in [2.24, 2.45) is 0 Å². The first-order chi connectivity index (χ1) is 19.0. The van der Waals surface area contributed by atoms with Gasteiger partial charge in [0, 0.05) is 48.0 Å². The van der Waals surface area contributed by atoms with E-state index in [9.17, 15) is 0 Å². The number of para-hydroxylation sites is 1. The molecule has 6 nitrogen and oxygen atoms in total. The molecule has 5 aromatic heterocycles. The average Bonchev–Trinajstić information content (AvgIpc) is 3.63. The van der Waals surface area contributed by atoms with Gasteiger partial charge < -0.3 is 13.5 Å². The molecule has 0 radical (unpaired) electrons. The largest absolute Gasteiger partial charge is 2.00 e. The van der Waals surface area contributed by atoms with Crippen LogP contribution in [0, 0.1) is 12.1 Å². The van der Waals surface area contributed by atoms with Crippen molar-refractivity contribution in [2.45, 2.75) is 26.2 Å². The maximum Gasteiger partial charge on any atom is 2.00 e. The molecule has 0 atom stereocenters. The molecule has 40 heavy (non-hydrogen) atoms. The van der Waals surface area contributed by atoms with Crippen molar-refractivity contribution in [1.82, 2.24) is 23.8 Å². The quantitative estimate of drug-likeness (QED) is 0.137. The van der Waals surface area contributed by atoms with Crippen LogP contribution in [0.25, 0.3) is 54.8 Å². The van der Waals surface area contributed by atoms with E-state index >= 15 is 0 Å². The topological polar surface area (TPSA) is 56.7 Å². The van der Waals surface area contributed by atoms with E-state index in [2.05, 4.69) is 77.6 Å². The van der Waals surface area contributed by atoms with Crippen molar-refractivity contribution in [3.05, 3.63) is 103 Å². The minimum atomic E-state index is -0.00974. The Kier molecular flexibility index (Phi) is 5.48. The van der Waals surface area contributed by atoms with Gasteiger partial charge in [-0.15, -0.1) is 12.1 Å². The second-order valence-corrected chi connectivity index (χ2v) is 10.9. The number of fused-ring (bicyclic) bond motifs is 12. The first-order valence-electron chi connectivity index (χ1n) is 13.0. The summed E-state index contributed by atoms with van der Waals surface area (Å²) in [6.07, 6.45) is 9.43. The van der Waals surface area contributed by atoms with E-state index in [-0.39, 0.29) is 26.5 Å². The molecule has 0 saturated heterocycles. The molecule has 0 amide bonds. The molecule has 0 fully saturated rings. The van der Waals surface area contributed by atoms with Crippen LogP contribution in [0.1, 0.15) is 26.3 Å². The van der Waals surface area contributed by atoms with Gasteiger partial charge in [-0.05, 0) is 28.5 Å². The first-order valence-corrected chi connectivity index (χ1v) is 13.0. The maximum absolute atomic E-state index is 6.34. The molecule has 0 N–H and O–H groups in total. The number of aromatic nitrogens is 5. The summed E-state index contributed by atoms with van der Waals surface area (Å²) in [6, 6.07) is 25.5. The second-order valence-electron chi connectivity index (χ2n) is 10.9. The molecule has 5 heterocycles. The number of rotatable bonds is 2. The van der Waals surface area contributed by atoms with E-state index in [0.717, 1.165) is 43.9 Å². The molecule has 0 aliphatic heterocycles. The number of pyridine rings is 3. The number of nitrogens with zero attached hydrogens (tertiary/aromatic N) is 5. The Labute approximate surface area is 244 Å². The van der Waals surface area contributed by atoms with Gasteiger partial charge in [0.2, 0.25) is 0 Å². The molecule has 3 aromatic carbocycles. The third-order valence-corrected chi connectivity index (χ3v) is 7.46. The van der Waals surface area contributed by atoms with E-state index in [1.54, 1.807) is 6.20 Å². The molecule has 8 rings (SSSR count). The van der Waals surface area contributed by atoms with Gasteiger partial charge in [0.25, 0.3) is 0 Å². The van der Waals surface area contributed by atoms with Crippen LogP contribution < -0.4 is 4.74 Å². The third-order valence-electron chi connectivity index (χ3n) is 7.46. The zero-order valence-corrected chi connectivity index (χ0v) is 24.3. The molecule has 196 valence electrons. The van der Waals surface area contributed by atoms with Gasteiger partial charge in [-0.2, -0.15) is 0 Å². The summed E-state index contributed by atoms with van der Waals surface area (Å²) < 4.78 is 10.6. The monoisotopic (exact) mass is 700 g/mol. The fraction of sp³-hybridized carbons (Fsp3) is 0.121. The molecule has 0 bridgehead atoms. The minimum Gasteiger partial charge on any atom is -0.497 e. The first kappa shape index (κ1) is 24.7. The maximum atomic E-state index is 6.34. The predicted octanol–water partition coefficient (Wildman–Crippen LogP) is 7.68. The summed E-state index contributed by atoms with van der Waals surface area (Å²) >= 11 is 0. The van der Waals surface area contributed by atoms with Gasteiger partial charge in [-0.25, -0.2) is 0 Å². The van der Waals surface area contributed by atoms with Crippen molar-refractivity contribution < 1.29 is 25.8 Å². The van der Waals surface area contributed by atoms with Crippen LogP contribution in [-0.4, -0.2) is 23.8 Å². The normalized spacial score (nSPS) is 12.2. The Bertz CT molecular complexity index is 2260. The third kappa shape index (κ3) is 3.56. The Balaban J connectivity index is 0.00000264. The van der Waals surface area contributed by atoms with Gasteiger partial charge in [0.15, 0.2) is 0 Å². The minimum absolute atomic E-state index is 0. The fourth-order valence-electron chi connectivity index (χ4n) is 5.74. The molecule has 0 aliphatic carbocycles. The van der Waals surface area contributed by atoms with E-state index in [0.29, 0.717) is 11.5 Å². The van der Waals surface area contributed by atoms with Gasteiger partial charge in [-0.1, -0.05) is 84.8 Å². The Morgan fingerprint density at radius 3 is 2.10 bits per heavy atom. The number of benzene rings is 3. The summed E-state index contributed by atoms with van der Waals surface area (Å²) in [7, 11) is 0. The summed E-state index contributed by atoms with van der Waals surface area (Å²) in [5.41, 5.74) is 6.04. The standard InChI is InChI=1S/C33H23N5O.Pt/c1-33(2,3)27-7-4-6-24-22-11-9-20(18-25(22)32-36-15-17-38(32)30(24)27)39-21-10-12-23-26(19-21)31-35-14-16-37(31)28-8-5-13-34-29(23)28;/h4-17H,1-3H3;/q-2;+2. The van der Waals surface area contributed by atoms with Gasteiger partial charge in [0.1, 0.15) is 0 Å². The summed E-state index contributed by atoms with van der Waals surface area (Å²) in [6.45, 7) is 6.73. The number of hydrogen-bond acceptors (Lipinski definition) is 4. The molecule has 7 heteroatoms.